The highest BCUT2D eigenvalue weighted by Gasteiger charge is 2.07. The number of rotatable bonds is 3. The number of para-hydroxylation sites is 1. The maximum Gasteiger partial charge on any atom is 0.153 e. The van der Waals surface area contributed by atoms with Crippen molar-refractivity contribution in [1.29, 1.82) is 0 Å². The molecule has 2 aromatic carbocycles. The molecule has 1 atom stereocenters. The zero-order valence-corrected chi connectivity index (χ0v) is 12.2. The van der Waals surface area contributed by atoms with Crippen LogP contribution >= 0.6 is 0 Å². The Hall–Kier alpha value is -2.39. The van der Waals surface area contributed by atoms with Gasteiger partial charge in [-0.25, -0.2) is 4.98 Å². The smallest absolute Gasteiger partial charge is 0.153 e. The highest BCUT2D eigenvalue weighted by molar-refractivity contribution is 5.84. The number of nitrogens with zero attached hydrogens (tertiary/aromatic N) is 1. The number of ether oxygens (including phenoxy) is 1. The molecule has 2 N–H and O–H groups in total. The van der Waals surface area contributed by atoms with Crippen LogP contribution in [0.3, 0.4) is 0 Å². The predicted octanol–water partition coefficient (Wildman–Crippen LogP) is 4.36. The van der Waals surface area contributed by atoms with Gasteiger partial charge in [-0.2, -0.15) is 0 Å². The molecule has 3 rings (SSSR count). The van der Waals surface area contributed by atoms with E-state index < -0.39 is 0 Å². The second-order valence-corrected chi connectivity index (χ2v) is 5.24. The molecule has 3 heteroatoms. The summed E-state index contributed by atoms with van der Waals surface area (Å²) in [5.41, 5.74) is 8.82. The number of aryl methyl sites for hydroxylation is 1. The molecule has 0 saturated carbocycles. The van der Waals surface area contributed by atoms with Gasteiger partial charge in [0.2, 0.25) is 0 Å². The lowest BCUT2D eigenvalue weighted by molar-refractivity contribution is 0.486. The Labute approximate surface area is 124 Å². The standard InChI is InChI=1S/C18H18N2O/c1-12-9-10-14-5-4-8-17(18(14)20-12)21-16-7-3-6-15(11-16)13(2)19/h3-11,13H,19H2,1-2H3. The highest BCUT2D eigenvalue weighted by Crippen LogP contribution is 2.29. The van der Waals surface area contributed by atoms with Crippen molar-refractivity contribution in [2.45, 2.75) is 19.9 Å². The summed E-state index contributed by atoms with van der Waals surface area (Å²) in [6.45, 7) is 3.94. The summed E-state index contributed by atoms with van der Waals surface area (Å²) >= 11 is 0. The second kappa shape index (κ2) is 5.54. The zero-order chi connectivity index (χ0) is 14.8. The van der Waals surface area contributed by atoms with E-state index >= 15 is 0 Å². The van der Waals surface area contributed by atoms with Crippen LogP contribution in [0.25, 0.3) is 10.9 Å². The molecule has 21 heavy (non-hydrogen) atoms. The van der Waals surface area contributed by atoms with E-state index in [0.29, 0.717) is 0 Å². The molecule has 0 aliphatic rings. The Morgan fingerprint density at radius 3 is 2.67 bits per heavy atom. The van der Waals surface area contributed by atoms with Crippen LogP contribution in [-0.2, 0) is 0 Å². The first-order valence-corrected chi connectivity index (χ1v) is 7.03. The summed E-state index contributed by atoms with van der Waals surface area (Å²) in [6.07, 6.45) is 0. The third kappa shape index (κ3) is 2.88. The van der Waals surface area contributed by atoms with Gasteiger partial charge in [0.05, 0.1) is 0 Å². The van der Waals surface area contributed by atoms with Crippen molar-refractivity contribution in [3.63, 3.8) is 0 Å². The Balaban J connectivity index is 2.02. The topological polar surface area (TPSA) is 48.1 Å². The number of pyridine rings is 1. The lowest BCUT2D eigenvalue weighted by Gasteiger charge is -2.11. The first-order chi connectivity index (χ1) is 10.1. The molecule has 3 aromatic rings. The van der Waals surface area contributed by atoms with Gasteiger partial charge in [0.1, 0.15) is 11.3 Å². The molecule has 1 aromatic heterocycles. The number of hydrogen-bond acceptors (Lipinski definition) is 3. The minimum absolute atomic E-state index is 0.0126. The Kier molecular flexibility index (Phi) is 3.59. The van der Waals surface area contributed by atoms with Crippen molar-refractivity contribution in [2.24, 2.45) is 5.73 Å². The number of nitrogens with two attached hydrogens (primary N) is 1. The fraction of sp³-hybridized carbons (Fsp3) is 0.167. The van der Waals surface area contributed by atoms with Crippen molar-refractivity contribution >= 4 is 10.9 Å². The maximum atomic E-state index is 6.02. The SMILES string of the molecule is Cc1ccc2cccc(Oc3cccc(C(C)N)c3)c2n1. The third-order valence-electron chi connectivity index (χ3n) is 3.43. The normalized spacial score (nSPS) is 12.3. The van der Waals surface area contributed by atoms with Gasteiger partial charge in [-0.3, -0.25) is 0 Å². The second-order valence-electron chi connectivity index (χ2n) is 5.24. The number of aromatic nitrogens is 1. The molecule has 0 aliphatic heterocycles. The van der Waals surface area contributed by atoms with Gasteiger partial charge in [-0.05, 0) is 43.7 Å². The van der Waals surface area contributed by atoms with Crippen LogP contribution < -0.4 is 10.5 Å². The van der Waals surface area contributed by atoms with E-state index in [0.717, 1.165) is 33.7 Å². The molecule has 0 aliphatic carbocycles. The van der Waals surface area contributed by atoms with Crippen LogP contribution in [0.1, 0.15) is 24.2 Å². The van der Waals surface area contributed by atoms with E-state index in [1.807, 2.05) is 62.4 Å². The van der Waals surface area contributed by atoms with Crippen molar-refractivity contribution in [2.75, 3.05) is 0 Å². The van der Waals surface area contributed by atoms with Crippen LogP contribution in [-0.4, -0.2) is 4.98 Å². The summed E-state index contributed by atoms with van der Waals surface area (Å²) in [5, 5.41) is 1.07. The van der Waals surface area contributed by atoms with Crippen molar-refractivity contribution in [1.82, 2.24) is 4.98 Å². The van der Waals surface area contributed by atoms with Gasteiger partial charge in [-0.1, -0.05) is 30.3 Å². The average molecular weight is 278 g/mol. The van der Waals surface area contributed by atoms with Crippen LogP contribution in [0.15, 0.2) is 54.6 Å². The molecule has 0 spiro atoms. The van der Waals surface area contributed by atoms with Crippen molar-refractivity contribution in [3.05, 3.63) is 65.9 Å². The summed E-state index contributed by atoms with van der Waals surface area (Å²) in [5.74, 6) is 1.54. The molecule has 0 amide bonds. The predicted molar refractivity (Wildman–Crippen MR) is 85.6 cm³/mol. The fourth-order valence-electron chi connectivity index (χ4n) is 2.29. The lowest BCUT2D eigenvalue weighted by Crippen LogP contribution is -2.04. The number of benzene rings is 2. The van der Waals surface area contributed by atoms with Crippen LogP contribution in [0.5, 0.6) is 11.5 Å². The van der Waals surface area contributed by atoms with Gasteiger partial charge in [0.25, 0.3) is 0 Å². The van der Waals surface area contributed by atoms with Gasteiger partial charge >= 0.3 is 0 Å². The molecule has 106 valence electrons. The summed E-state index contributed by atoms with van der Waals surface area (Å²) in [6, 6.07) is 17.9. The quantitative estimate of drug-likeness (QED) is 0.774. The van der Waals surface area contributed by atoms with Crippen LogP contribution in [0.2, 0.25) is 0 Å². The van der Waals surface area contributed by atoms with Gasteiger partial charge in [0, 0.05) is 17.1 Å². The van der Waals surface area contributed by atoms with Crippen molar-refractivity contribution < 1.29 is 4.74 Å². The largest absolute Gasteiger partial charge is 0.455 e. The van der Waals surface area contributed by atoms with E-state index in [1.54, 1.807) is 0 Å². The molecule has 1 unspecified atom stereocenters. The molecule has 0 fully saturated rings. The van der Waals surface area contributed by atoms with E-state index in [-0.39, 0.29) is 6.04 Å². The first-order valence-electron chi connectivity index (χ1n) is 7.03. The zero-order valence-electron chi connectivity index (χ0n) is 12.2. The molecular weight excluding hydrogens is 260 g/mol. The molecular formula is C18H18N2O. The van der Waals surface area contributed by atoms with Gasteiger partial charge in [-0.15, -0.1) is 0 Å². The van der Waals surface area contributed by atoms with Crippen LogP contribution in [0.4, 0.5) is 0 Å². The Morgan fingerprint density at radius 1 is 1.05 bits per heavy atom. The monoisotopic (exact) mass is 278 g/mol. The molecule has 0 saturated heterocycles. The molecule has 1 heterocycles. The molecule has 0 bridgehead atoms. The van der Waals surface area contributed by atoms with E-state index in [4.69, 9.17) is 10.5 Å². The average Bonchev–Trinajstić information content (AvgIpc) is 2.48. The third-order valence-corrected chi connectivity index (χ3v) is 3.43. The van der Waals surface area contributed by atoms with Gasteiger partial charge in [0.15, 0.2) is 5.75 Å². The minimum Gasteiger partial charge on any atom is -0.455 e. The van der Waals surface area contributed by atoms with E-state index in [9.17, 15) is 0 Å². The first kappa shape index (κ1) is 13.6. The van der Waals surface area contributed by atoms with Crippen molar-refractivity contribution in [3.8, 4) is 11.5 Å². The Bertz CT molecular complexity index is 781. The highest BCUT2D eigenvalue weighted by atomic mass is 16.5. The molecule has 3 nitrogen and oxygen atoms in total. The van der Waals surface area contributed by atoms with E-state index in [2.05, 4.69) is 11.1 Å². The summed E-state index contributed by atoms with van der Waals surface area (Å²) in [7, 11) is 0. The number of hydrogen-bond donors (Lipinski definition) is 1. The summed E-state index contributed by atoms with van der Waals surface area (Å²) < 4.78 is 6.02. The number of fused-ring (bicyclic) bond motifs is 1. The molecule has 0 radical (unpaired) electrons. The summed E-state index contributed by atoms with van der Waals surface area (Å²) in [4.78, 5) is 4.58. The Morgan fingerprint density at radius 2 is 1.86 bits per heavy atom. The van der Waals surface area contributed by atoms with E-state index in [1.165, 1.54) is 0 Å². The lowest BCUT2D eigenvalue weighted by atomic mass is 10.1. The van der Waals surface area contributed by atoms with Gasteiger partial charge < -0.3 is 10.5 Å². The fourth-order valence-corrected chi connectivity index (χ4v) is 2.29. The van der Waals surface area contributed by atoms with Crippen LogP contribution in [0, 0.1) is 6.92 Å². The maximum absolute atomic E-state index is 6.02. The minimum atomic E-state index is -0.0126.